The summed E-state index contributed by atoms with van der Waals surface area (Å²) in [5.74, 6) is 1.25. The van der Waals surface area contributed by atoms with Crippen molar-refractivity contribution in [2.75, 3.05) is 31.2 Å². The number of carbonyl (C=O) groups is 1. The molecule has 2 heterocycles. The number of ether oxygens (including phenoxy) is 2. The average molecular weight is 344 g/mol. The van der Waals surface area contributed by atoms with Crippen LogP contribution in [0.5, 0.6) is 11.5 Å². The Kier molecular flexibility index (Phi) is 4.07. The van der Waals surface area contributed by atoms with Crippen molar-refractivity contribution in [2.24, 2.45) is 0 Å². The summed E-state index contributed by atoms with van der Waals surface area (Å²) in [5, 5.41) is 0.463. The first-order valence-electron chi connectivity index (χ1n) is 8.22. The maximum absolute atomic E-state index is 13.1. The lowest BCUT2D eigenvalue weighted by atomic mass is 10.00. The molecule has 2 aromatic carbocycles. The third kappa shape index (κ3) is 2.71. The maximum Gasteiger partial charge on any atom is 0.196 e. The summed E-state index contributed by atoms with van der Waals surface area (Å²) < 4.78 is 11.4. The van der Waals surface area contributed by atoms with Gasteiger partial charge in [-0.25, -0.2) is 0 Å². The van der Waals surface area contributed by atoms with Crippen LogP contribution < -0.4 is 14.4 Å². The summed E-state index contributed by atoms with van der Waals surface area (Å²) in [5.41, 5.74) is 2.03. The fraction of sp³-hybridized carbons (Fsp3) is 0.316. The summed E-state index contributed by atoms with van der Waals surface area (Å²) in [6.45, 7) is 2.92. The van der Waals surface area contributed by atoms with Crippen molar-refractivity contribution in [2.45, 2.75) is 12.8 Å². The minimum Gasteiger partial charge on any atom is -0.486 e. The van der Waals surface area contributed by atoms with Gasteiger partial charge in [-0.05, 0) is 31.0 Å². The van der Waals surface area contributed by atoms with Gasteiger partial charge in [0.2, 0.25) is 0 Å². The van der Waals surface area contributed by atoms with Gasteiger partial charge >= 0.3 is 0 Å². The third-order valence-electron chi connectivity index (χ3n) is 4.47. The van der Waals surface area contributed by atoms with Crippen LogP contribution in [0.4, 0.5) is 5.69 Å². The minimum atomic E-state index is -0.0838. The Labute approximate surface area is 145 Å². The molecule has 0 saturated carbocycles. The summed E-state index contributed by atoms with van der Waals surface area (Å²) in [6, 6.07) is 10.9. The van der Waals surface area contributed by atoms with Crippen molar-refractivity contribution in [3.8, 4) is 11.5 Å². The Hall–Kier alpha value is -2.20. The van der Waals surface area contributed by atoms with E-state index < -0.39 is 0 Å². The van der Waals surface area contributed by atoms with E-state index in [1.807, 2.05) is 18.2 Å². The third-order valence-corrected chi connectivity index (χ3v) is 4.80. The average Bonchev–Trinajstić information content (AvgIpc) is 3.15. The Morgan fingerprint density at radius 1 is 0.958 bits per heavy atom. The number of nitrogens with zero attached hydrogens (tertiary/aromatic N) is 1. The molecule has 4 nitrogen and oxygen atoms in total. The standard InChI is InChI=1S/C19H18ClNO3/c20-15-6-2-1-5-13(15)19(22)14-11-17-18(24-10-9-23-17)12-16(14)21-7-3-4-8-21/h1-2,5-6,11-12H,3-4,7-10H2. The topological polar surface area (TPSA) is 38.8 Å². The lowest BCUT2D eigenvalue weighted by Gasteiger charge is -2.25. The number of ketones is 1. The van der Waals surface area contributed by atoms with Crippen LogP contribution in [-0.4, -0.2) is 32.1 Å². The molecule has 0 radical (unpaired) electrons. The highest BCUT2D eigenvalue weighted by Crippen LogP contribution is 2.39. The molecule has 0 bridgehead atoms. The highest BCUT2D eigenvalue weighted by Gasteiger charge is 2.26. The van der Waals surface area contributed by atoms with Crippen LogP contribution in [0, 0.1) is 0 Å². The molecule has 24 heavy (non-hydrogen) atoms. The zero-order valence-electron chi connectivity index (χ0n) is 13.3. The Bertz CT molecular complexity index is 784. The highest BCUT2D eigenvalue weighted by molar-refractivity contribution is 6.35. The van der Waals surface area contributed by atoms with Crippen molar-refractivity contribution in [3.63, 3.8) is 0 Å². The molecule has 0 unspecified atom stereocenters. The van der Waals surface area contributed by atoms with Crippen molar-refractivity contribution in [1.82, 2.24) is 0 Å². The van der Waals surface area contributed by atoms with Gasteiger partial charge in [-0.2, -0.15) is 0 Å². The molecular formula is C19H18ClNO3. The summed E-state index contributed by atoms with van der Waals surface area (Å²) in [6.07, 6.45) is 2.27. The monoisotopic (exact) mass is 343 g/mol. The zero-order chi connectivity index (χ0) is 16.5. The predicted molar refractivity (Wildman–Crippen MR) is 93.8 cm³/mol. The summed E-state index contributed by atoms with van der Waals surface area (Å²) >= 11 is 6.23. The van der Waals surface area contributed by atoms with Crippen LogP contribution in [0.3, 0.4) is 0 Å². The van der Waals surface area contributed by atoms with E-state index in [-0.39, 0.29) is 5.78 Å². The number of benzene rings is 2. The first-order chi connectivity index (χ1) is 11.7. The largest absolute Gasteiger partial charge is 0.486 e. The van der Waals surface area contributed by atoms with Crippen molar-refractivity contribution < 1.29 is 14.3 Å². The van der Waals surface area contributed by atoms with Gasteiger partial charge in [-0.1, -0.05) is 23.7 Å². The van der Waals surface area contributed by atoms with Crippen molar-refractivity contribution in [3.05, 3.63) is 52.5 Å². The molecule has 2 aliphatic heterocycles. The van der Waals surface area contributed by atoms with E-state index in [4.69, 9.17) is 21.1 Å². The van der Waals surface area contributed by atoms with Crippen molar-refractivity contribution in [1.29, 1.82) is 0 Å². The van der Waals surface area contributed by atoms with Gasteiger partial charge < -0.3 is 14.4 Å². The normalized spacial score (nSPS) is 16.3. The van der Waals surface area contributed by atoms with Gasteiger partial charge in [0.25, 0.3) is 0 Å². The number of carbonyl (C=O) groups excluding carboxylic acids is 1. The van der Waals surface area contributed by atoms with Crippen LogP contribution in [-0.2, 0) is 0 Å². The minimum absolute atomic E-state index is 0.0838. The molecule has 0 atom stereocenters. The molecule has 2 aliphatic rings. The molecule has 0 N–H and O–H groups in total. The fourth-order valence-corrected chi connectivity index (χ4v) is 3.49. The summed E-state index contributed by atoms with van der Waals surface area (Å²) in [7, 11) is 0. The van der Waals surface area contributed by atoms with Gasteiger partial charge in [-0.3, -0.25) is 4.79 Å². The smallest absolute Gasteiger partial charge is 0.196 e. The Morgan fingerprint density at radius 3 is 2.33 bits per heavy atom. The van der Waals surface area contributed by atoms with E-state index in [9.17, 15) is 4.79 Å². The van der Waals surface area contributed by atoms with Gasteiger partial charge in [0.1, 0.15) is 13.2 Å². The highest BCUT2D eigenvalue weighted by atomic mass is 35.5. The molecule has 0 aliphatic carbocycles. The van der Waals surface area contributed by atoms with Crippen LogP contribution in [0.2, 0.25) is 5.02 Å². The quantitative estimate of drug-likeness (QED) is 0.791. The lowest BCUT2D eigenvalue weighted by molar-refractivity contribution is 0.103. The number of fused-ring (bicyclic) bond motifs is 1. The second kappa shape index (κ2) is 6.36. The Morgan fingerprint density at radius 2 is 1.62 bits per heavy atom. The van der Waals surface area contributed by atoms with E-state index in [1.54, 1.807) is 18.2 Å². The van der Waals surface area contributed by atoms with E-state index in [0.717, 1.165) is 31.6 Å². The molecule has 4 rings (SSSR count). The zero-order valence-corrected chi connectivity index (χ0v) is 14.0. The molecule has 0 amide bonds. The molecule has 1 fully saturated rings. The van der Waals surface area contributed by atoms with E-state index in [0.29, 0.717) is 40.9 Å². The maximum atomic E-state index is 13.1. The molecule has 124 valence electrons. The number of hydrogen-bond donors (Lipinski definition) is 0. The van der Waals surface area contributed by atoms with Gasteiger partial charge in [-0.15, -0.1) is 0 Å². The number of rotatable bonds is 3. The molecule has 5 heteroatoms. The number of hydrogen-bond acceptors (Lipinski definition) is 4. The van der Waals surface area contributed by atoms with Gasteiger partial charge in [0.15, 0.2) is 17.3 Å². The molecule has 0 spiro atoms. The number of anilines is 1. The fourth-order valence-electron chi connectivity index (χ4n) is 3.27. The SMILES string of the molecule is O=C(c1ccccc1Cl)c1cc2c(cc1N1CCCC1)OCCO2. The Balaban J connectivity index is 1.83. The lowest BCUT2D eigenvalue weighted by Crippen LogP contribution is -2.23. The first-order valence-corrected chi connectivity index (χ1v) is 8.59. The van der Waals surface area contributed by atoms with Crippen molar-refractivity contribution >= 4 is 23.1 Å². The van der Waals surface area contributed by atoms with Gasteiger partial charge in [0.05, 0.1) is 10.7 Å². The van der Waals surface area contributed by atoms with Crippen LogP contribution in [0.15, 0.2) is 36.4 Å². The molecule has 1 saturated heterocycles. The van der Waals surface area contributed by atoms with Crippen LogP contribution in [0.1, 0.15) is 28.8 Å². The predicted octanol–water partition coefficient (Wildman–Crippen LogP) is 3.94. The van der Waals surface area contributed by atoms with E-state index in [2.05, 4.69) is 4.90 Å². The molecule has 2 aromatic rings. The molecular weight excluding hydrogens is 326 g/mol. The summed E-state index contributed by atoms with van der Waals surface area (Å²) in [4.78, 5) is 15.4. The second-order valence-electron chi connectivity index (χ2n) is 6.02. The van der Waals surface area contributed by atoms with Gasteiger partial charge in [0, 0.05) is 30.3 Å². The van der Waals surface area contributed by atoms with Crippen LogP contribution >= 0.6 is 11.6 Å². The molecule has 0 aromatic heterocycles. The number of halogens is 1. The van der Waals surface area contributed by atoms with E-state index in [1.165, 1.54) is 0 Å². The first kappa shape index (κ1) is 15.3. The second-order valence-corrected chi connectivity index (χ2v) is 6.42. The van der Waals surface area contributed by atoms with Crippen LogP contribution in [0.25, 0.3) is 0 Å². The van der Waals surface area contributed by atoms with E-state index >= 15 is 0 Å².